The van der Waals surface area contributed by atoms with Gasteiger partial charge in [-0.05, 0) is 116 Å². The Morgan fingerprint density at radius 2 is 1.94 bits per heavy atom. The number of hydrogen-bond donors (Lipinski definition) is 3. The van der Waals surface area contributed by atoms with Gasteiger partial charge in [0, 0.05) is 32.4 Å². The van der Waals surface area contributed by atoms with Gasteiger partial charge < -0.3 is 20.5 Å². The maximum atomic E-state index is 12.6. The molecule has 3 aromatic rings. The summed E-state index contributed by atoms with van der Waals surface area (Å²) in [5, 5.41) is 7.56. The second kappa shape index (κ2) is 9.61. The molecule has 0 radical (unpaired) electrons. The minimum absolute atomic E-state index is 0.295. The zero-order chi connectivity index (χ0) is 22.1. The van der Waals surface area contributed by atoms with E-state index < -0.39 is 0 Å². The SMILES string of the molecule is O=C(Nc1ccc2[nH]cc(C3CCC4CCCCN4CC3)c2c1)Nc1cc(I)ccc1Cl. The van der Waals surface area contributed by atoms with Gasteiger partial charge in [0.2, 0.25) is 0 Å². The molecular formula is C25H28ClIN4O. The summed E-state index contributed by atoms with van der Waals surface area (Å²) in [6.07, 6.45) is 9.98. The number of anilines is 2. The standard InChI is InChI=1S/C25H28ClIN4O/c26-22-8-5-17(27)13-24(22)30-25(32)29-18-6-9-23-20(14-18)21(15-28-23)16-4-7-19-3-1-2-11-31(19)12-10-16/h5-6,8-9,13-16,19,28H,1-4,7,10-12H2,(H2,29,30,32). The van der Waals surface area contributed by atoms with Crippen LogP contribution in [0.4, 0.5) is 16.2 Å². The number of nitrogens with one attached hydrogen (secondary N) is 3. The topological polar surface area (TPSA) is 60.2 Å². The van der Waals surface area contributed by atoms with Crippen molar-refractivity contribution < 1.29 is 4.79 Å². The Balaban J connectivity index is 1.32. The molecule has 3 heterocycles. The van der Waals surface area contributed by atoms with Crippen molar-refractivity contribution >= 4 is 62.5 Å². The molecule has 0 saturated carbocycles. The third-order valence-electron chi connectivity index (χ3n) is 6.95. The molecule has 2 unspecified atom stereocenters. The molecule has 168 valence electrons. The number of amides is 2. The van der Waals surface area contributed by atoms with E-state index in [4.69, 9.17) is 11.6 Å². The predicted octanol–water partition coefficient (Wildman–Crippen LogP) is 7.19. The fourth-order valence-corrected chi connectivity index (χ4v) is 5.94. The first-order chi connectivity index (χ1) is 15.6. The monoisotopic (exact) mass is 562 g/mol. The van der Waals surface area contributed by atoms with Crippen LogP contribution in [-0.4, -0.2) is 35.0 Å². The van der Waals surface area contributed by atoms with Crippen molar-refractivity contribution in [1.82, 2.24) is 9.88 Å². The number of rotatable bonds is 3. The van der Waals surface area contributed by atoms with Crippen molar-refractivity contribution in [2.75, 3.05) is 23.7 Å². The van der Waals surface area contributed by atoms with Crippen LogP contribution in [0.25, 0.3) is 10.9 Å². The van der Waals surface area contributed by atoms with Gasteiger partial charge in [-0.25, -0.2) is 4.79 Å². The number of H-pyrrole nitrogens is 1. The number of hydrogen-bond acceptors (Lipinski definition) is 2. The maximum absolute atomic E-state index is 12.6. The summed E-state index contributed by atoms with van der Waals surface area (Å²) in [6, 6.07) is 12.1. The number of fused-ring (bicyclic) bond motifs is 2. The van der Waals surface area contributed by atoms with Crippen molar-refractivity contribution in [2.24, 2.45) is 0 Å². The van der Waals surface area contributed by atoms with E-state index >= 15 is 0 Å². The van der Waals surface area contributed by atoms with Gasteiger partial charge in [-0.3, -0.25) is 0 Å². The lowest BCUT2D eigenvalue weighted by atomic mass is 9.90. The van der Waals surface area contributed by atoms with Crippen LogP contribution in [0.5, 0.6) is 0 Å². The van der Waals surface area contributed by atoms with E-state index in [-0.39, 0.29) is 6.03 Å². The Bertz CT molecular complexity index is 1110. The third-order valence-corrected chi connectivity index (χ3v) is 7.95. The van der Waals surface area contributed by atoms with E-state index in [1.165, 1.54) is 62.6 Å². The molecule has 1 aromatic heterocycles. The highest BCUT2D eigenvalue weighted by atomic mass is 127. The second-order valence-electron chi connectivity index (χ2n) is 8.96. The van der Waals surface area contributed by atoms with Crippen LogP contribution in [0.1, 0.15) is 50.0 Å². The van der Waals surface area contributed by atoms with Crippen molar-refractivity contribution in [2.45, 2.75) is 50.5 Å². The van der Waals surface area contributed by atoms with Crippen LogP contribution in [0.3, 0.4) is 0 Å². The lowest BCUT2D eigenvalue weighted by Crippen LogP contribution is -2.38. The van der Waals surface area contributed by atoms with Crippen molar-refractivity contribution in [3.8, 4) is 0 Å². The van der Waals surface area contributed by atoms with Gasteiger partial charge in [0.15, 0.2) is 0 Å². The number of carbonyl (C=O) groups is 1. The quantitative estimate of drug-likeness (QED) is 0.296. The Hall–Kier alpha value is -1.77. The summed E-state index contributed by atoms with van der Waals surface area (Å²) < 4.78 is 1.01. The first-order valence-corrected chi connectivity index (χ1v) is 12.9. The van der Waals surface area contributed by atoms with Gasteiger partial charge in [0.1, 0.15) is 0 Å². The van der Waals surface area contributed by atoms with Crippen molar-refractivity contribution in [3.63, 3.8) is 0 Å². The van der Waals surface area contributed by atoms with Crippen LogP contribution in [-0.2, 0) is 0 Å². The molecule has 5 nitrogen and oxygen atoms in total. The summed E-state index contributed by atoms with van der Waals surface area (Å²) in [7, 11) is 0. The molecule has 0 aliphatic carbocycles. The molecule has 32 heavy (non-hydrogen) atoms. The average molecular weight is 563 g/mol. The number of benzene rings is 2. The maximum Gasteiger partial charge on any atom is 0.323 e. The van der Waals surface area contributed by atoms with E-state index in [2.05, 4.69) is 55.4 Å². The summed E-state index contributed by atoms with van der Waals surface area (Å²) in [5.74, 6) is 0.559. The highest BCUT2D eigenvalue weighted by Gasteiger charge is 2.28. The third kappa shape index (κ3) is 4.77. The normalized spacial score (nSPS) is 21.7. The zero-order valence-electron chi connectivity index (χ0n) is 18.0. The lowest BCUT2D eigenvalue weighted by Gasteiger charge is -2.33. The zero-order valence-corrected chi connectivity index (χ0v) is 20.9. The predicted molar refractivity (Wildman–Crippen MR) is 141 cm³/mol. The molecule has 7 heteroatoms. The van der Waals surface area contributed by atoms with Gasteiger partial charge in [-0.1, -0.05) is 18.0 Å². The van der Waals surface area contributed by atoms with Gasteiger partial charge in [0.25, 0.3) is 0 Å². The lowest BCUT2D eigenvalue weighted by molar-refractivity contribution is 0.151. The Morgan fingerprint density at radius 1 is 1.03 bits per heavy atom. The average Bonchev–Trinajstić information content (AvgIpc) is 3.08. The molecule has 0 bridgehead atoms. The number of urea groups is 1. The number of nitrogens with zero attached hydrogens (tertiary/aromatic N) is 1. The molecule has 2 atom stereocenters. The van der Waals surface area contributed by atoms with Crippen LogP contribution in [0.2, 0.25) is 5.02 Å². The molecule has 3 N–H and O–H groups in total. The van der Waals surface area contributed by atoms with Gasteiger partial charge in [-0.2, -0.15) is 0 Å². The fourth-order valence-electron chi connectivity index (χ4n) is 5.29. The van der Waals surface area contributed by atoms with Crippen LogP contribution in [0.15, 0.2) is 42.6 Å². The van der Waals surface area contributed by atoms with E-state index in [0.29, 0.717) is 16.6 Å². The second-order valence-corrected chi connectivity index (χ2v) is 10.6. The Morgan fingerprint density at radius 3 is 2.84 bits per heavy atom. The Kier molecular flexibility index (Phi) is 6.62. The highest BCUT2D eigenvalue weighted by Crippen LogP contribution is 2.37. The van der Waals surface area contributed by atoms with Crippen LogP contribution >= 0.6 is 34.2 Å². The largest absolute Gasteiger partial charge is 0.361 e. The number of piperidine rings is 1. The summed E-state index contributed by atoms with van der Waals surface area (Å²) in [6.45, 7) is 2.46. The summed E-state index contributed by atoms with van der Waals surface area (Å²) >= 11 is 8.42. The molecule has 2 aliphatic heterocycles. The van der Waals surface area contributed by atoms with Gasteiger partial charge in [-0.15, -0.1) is 0 Å². The number of aromatic amines is 1. The summed E-state index contributed by atoms with van der Waals surface area (Å²) in [5.41, 5.74) is 3.89. The molecule has 2 amide bonds. The van der Waals surface area contributed by atoms with Crippen molar-refractivity contribution in [1.29, 1.82) is 0 Å². The molecule has 2 aliphatic rings. The highest BCUT2D eigenvalue weighted by molar-refractivity contribution is 14.1. The smallest absolute Gasteiger partial charge is 0.323 e. The molecule has 2 saturated heterocycles. The van der Waals surface area contributed by atoms with E-state index in [9.17, 15) is 4.79 Å². The number of halogens is 2. The minimum Gasteiger partial charge on any atom is -0.361 e. The summed E-state index contributed by atoms with van der Waals surface area (Å²) in [4.78, 5) is 18.8. The number of aromatic nitrogens is 1. The van der Waals surface area contributed by atoms with Crippen LogP contribution < -0.4 is 10.6 Å². The van der Waals surface area contributed by atoms with Gasteiger partial charge in [0.05, 0.1) is 10.7 Å². The molecule has 5 rings (SSSR count). The Labute approximate surface area is 207 Å². The van der Waals surface area contributed by atoms with Crippen LogP contribution in [0, 0.1) is 3.57 Å². The molecule has 2 fully saturated rings. The van der Waals surface area contributed by atoms with E-state index in [1.54, 1.807) is 6.07 Å². The fraction of sp³-hybridized carbons (Fsp3) is 0.400. The van der Waals surface area contributed by atoms with Gasteiger partial charge >= 0.3 is 6.03 Å². The molecule has 0 spiro atoms. The molecule has 2 aromatic carbocycles. The first-order valence-electron chi connectivity index (χ1n) is 11.4. The molecular weight excluding hydrogens is 535 g/mol. The minimum atomic E-state index is -0.295. The number of carbonyl (C=O) groups excluding carboxylic acids is 1. The van der Waals surface area contributed by atoms with E-state index in [1.807, 2.05) is 24.3 Å². The first kappa shape index (κ1) is 22.0. The van der Waals surface area contributed by atoms with Crippen molar-refractivity contribution in [3.05, 3.63) is 56.8 Å². The van der Waals surface area contributed by atoms with E-state index in [0.717, 1.165) is 20.8 Å².